The molecule has 0 rings (SSSR count). The normalized spacial score (nSPS) is 20.7. The molecule has 0 N–H and O–H groups in total. The zero-order valence-corrected chi connectivity index (χ0v) is 13.1. The first-order chi connectivity index (χ1) is 7.83. The fourth-order valence-electron chi connectivity index (χ4n) is 2.80. The van der Waals surface area contributed by atoms with Crippen LogP contribution in [-0.4, -0.2) is 24.0 Å². The average molecular weight is 239 g/mol. The van der Waals surface area contributed by atoms with E-state index in [0.29, 0.717) is 17.4 Å². The average Bonchev–Trinajstić information content (AvgIpc) is 2.35. The Balaban J connectivity index is 4.72. The Kier molecular flexibility index (Phi) is 7.08. The number of nitrogens with zero attached hydrogens (tertiary/aromatic N) is 1. The molecule has 0 fully saturated rings. The number of hydrogen-bond donors (Lipinski definition) is 0. The Morgan fingerprint density at radius 3 is 2.12 bits per heavy atom. The summed E-state index contributed by atoms with van der Waals surface area (Å²) in [6, 6.07) is 0. The minimum atomic E-state index is 0.315. The van der Waals surface area contributed by atoms with Gasteiger partial charge in [0.1, 0.15) is 0 Å². The van der Waals surface area contributed by atoms with Gasteiger partial charge in [0, 0.05) is 5.54 Å². The van der Waals surface area contributed by atoms with Crippen molar-refractivity contribution in [2.75, 3.05) is 13.6 Å². The molecule has 0 aromatic heterocycles. The van der Waals surface area contributed by atoms with Crippen LogP contribution in [0, 0.1) is 17.8 Å². The van der Waals surface area contributed by atoms with E-state index in [9.17, 15) is 0 Å². The third kappa shape index (κ3) is 4.13. The predicted molar refractivity (Wildman–Crippen MR) is 79.3 cm³/mol. The van der Waals surface area contributed by atoms with E-state index in [1.165, 1.54) is 12.8 Å². The van der Waals surface area contributed by atoms with Crippen LogP contribution in [0.2, 0.25) is 0 Å². The van der Waals surface area contributed by atoms with Gasteiger partial charge in [0.15, 0.2) is 0 Å². The highest BCUT2D eigenvalue weighted by Crippen LogP contribution is 2.35. The first-order valence-corrected chi connectivity index (χ1v) is 7.17. The molecule has 0 amide bonds. The summed E-state index contributed by atoms with van der Waals surface area (Å²) in [6.07, 6.45) is 4.54. The first kappa shape index (κ1) is 16.7. The van der Waals surface area contributed by atoms with Crippen LogP contribution in [0.1, 0.15) is 54.4 Å². The second-order valence-electron chi connectivity index (χ2n) is 5.94. The number of allylic oxidation sites excluding steroid dienone is 1. The van der Waals surface area contributed by atoms with Crippen LogP contribution in [0.15, 0.2) is 12.7 Å². The van der Waals surface area contributed by atoms with Gasteiger partial charge < -0.3 is 4.90 Å². The summed E-state index contributed by atoms with van der Waals surface area (Å²) in [7, 11) is 2.25. The van der Waals surface area contributed by atoms with Crippen molar-refractivity contribution in [1.29, 1.82) is 0 Å². The summed E-state index contributed by atoms with van der Waals surface area (Å²) in [6.45, 7) is 19.1. The van der Waals surface area contributed by atoms with Crippen molar-refractivity contribution in [3.8, 4) is 0 Å². The van der Waals surface area contributed by atoms with Gasteiger partial charge in [-0.1, -0.05) is 40.7 Å². The summed E-state index contributed by atoms with van der Waals surface area (Å²) in [4.78, 5) is 2.51. The van der Waals surface area contributed by atoms with Crippen molar-refractivity contribution in [2.45, 2.75) is 59.9 Å². The van der Waals surface area contributed by atoms with Crippen molar-refractivity contribution in [3.63, 3.8) is 0 Å². The first-order valence-electron chi connectivity index (χ1n) is 7.17. The van der Waals surface area contributed by atoms with Crippen LogP contribution in [0.5, 0.6) is 0 Å². The molecular formula is C16H33N. The van der Waals surface area contributed by atoms with Gasteiger partial charge in [-0.05, 0) is 51.1 Å². The molecule has 0 aliphatic carbocycles. The summed E-state index contributed by atoms with van der Waals surface area (Å²) in [5.41, 5.74) is 0.315. The quantitative estimate of drug-likeness (QED) is 0.560. The lowest BCUT2D eigenvalue weighted by Gasteiger charge is -2.45. The third-order valence-corrected chi connectivity index (χ3v) is 5.04. The smallest absolute Gasteiger partial charge is 0.0203 e. The largest absolute Gasteiger partial charge is 0.301 e. The maximum absolute atomic E-state index is 3.90. The molecule has 0 bridgehead atoms. The molecule has 102 valence electrons. The SMILES string of the molecule is C=CC(C)CC(C)C(C)C(C)(CC)N(C)CC. The van der Waals surface area contributed by atoms with Crippen molar-refractivity contribution in [3.05, 3.63) is 12.7 Å². The van der Waals surface area contributed by atoms with E-state index in [-0.39, 0.29) is 0 Å². The fourth-order valence-corrected chi connectivity index (χ4v) is 2.80. The van der Waals surface area contributed by atoms with Gasteiger partial charge in [-0.3, -0.25) is 0 Å². The van der Waals surface area contributed by atoms with Crippen LogP contribution in [0.3, 0.4) is 0 Å². The Bertz CT molecular complexity index is 224. The fraction of sp³-hybridized carbons (Fsp3) is 0.875. The highest BCUT2D eigenvalue weighted by atomic mass is 15.2. The molecule has 0 spiro atoms. The standard InChI is InChI=1S/C16H33N/c1-9-13(4)12-14(5)15(6)16(7,10-2)17(8)11-3/h9,13-15H,1,10-12H2,2-8H3. The van der Waals surface area contributed by atoms with Crippen LogP contribution < -0.4 is 0 Å². The molecule has 0 saturated carbocycles. The Labute approximate surface area is 109 Å². The second-order valence-corrected chi connectivity index (χ2v) is 5.94. The van der Waals surface area contributed by atoms with Crippen LogP contribution >= 0.6 is 0 Å². The van der Waals surface area contributed by atoms with Gasteiger partial charge in [-0.15, -0.1) is 6.58 Å². The summed E-state index contributed by atoms with van der Waals surface area (Å²) >= 11 is 0. The number of rotatable bonds is 8. The van der Waals surface area contributed by atoms with Crippen molar-refractivity contribution in [1.82, 2.24) is 4.90 Å². The van der Waals surface area contributed by atoms with Gasteiger partial charge in [0.05, 0.1) is 0 Å². The van der Waals surface area contributed by atoms with E-state index in [1.54, 1.807) is 0 Å². The second kappa shape index (κ2) is 7.20. The lowest BCUT2D eigenvalue weighted by molar-refractivity contribution is 0.0478. The lowest BCUT2D eigenvalue weighted by Crippen LogP contribution is -2.50. The maximum Gasteiger partial charge on any atom is 0.0203 e. The predicted octanol–water partition coefficient (Wildman–Crippen LogP) is 4.59. The highest BCUT2D eigenvalue weighted by molar-refractivity contribution is 4.91. The zero-order valence-electron chi connectivity index (χ0n) is 13.1. The van der Waals surface area contributed by atoms with Gasteiger partial charge in [-0.2, -0.15) is 0 Å². The van der Waals surface area contributed by atoms with Crippen molar-refractivity contribution in [2.24, 2.45) is 17.8 Å². The molecule has 1 heteroatoms. The third-order valence-electron chi connectivity index (χ3n) is 5.04. The molecule has 0 saturated heterocycles. The van der Waals surface area contributed by atoms with Crippen LogP contribution in [-0.2, 0) is 0 Å². The van der Waals surface area contributed by atoms with E-state index in [2.05, 4.69) is 66.1 Å². The Morgan fingerprint density at radius 2 is 1.76 bits per heavy atom. The van der Waals surface area contributed by atoms with Gasteiger partial charge in [0.2, 0.25) is 0 Å². The molecule has 0 radical (unpaired) electrons. The van der Waals surface area contributed by atoms with Crippen LogP contribution in [0.25, 0.3) is 0 Å². The Morgan fingerprint density at radius 1 is 1.24 bits per heavy atom. The molecule has 4 atom stereocenters. The summed E-state index contributed by atoms with van der Waals surface area (Å²) in [5.74, 6) is 2.07. The molecule has 0 heterocycles. The van der Waals surface area contributed by atoms with Crippen molar-refractivity contribution >= 4 is 0 Å². The minimum absolute atomic E-state index is 0.315. The minimum Gasteiger partial charge on any atom is -0.301 e. The lowest BCUT2D eigenvalue weighted by atomic mass is 9.73. The Hall–Kier alpha value is -0.300. The van der Waals surface area contributed by atoms with Crippen molar-refractivity contribution < 1.29 is 0 Å². The van der Waals surface area contributed by atoms with E-state index < -0.39 is 0 Å². The van der Waals surface area contributed by atoms with Gasteiger partial charge in [-0.25, -0.2) is 0 Å². The molecule has 0 aromatic carbocycles. The summed E-state index contributed by atoms with van der Waals surface area (Å²) < 4.78 is 0. The molecule has 1 nitrogen and oxygen atoms in total. The van der Waals surface area contributed by atoms with Gasteiger partial charge in [0.25, 0.3) is 0 Å². The molecule has 4 unspecified atom stereocenters. The highest BCUT2D eigenvalue weighted by Gasteiger charge is 2.35. The van der Waals surface area contributed by atoms with E-state index >= 15 is 0 Å². The van der Waals surface area contributed by atoms with E-state index in [0.717, 1.165) is 12.5 Å². The maximum atomic E-state index is 3.90. The summed E-state index contributed by atoms with van der Waals surface area (Å²) in [5, 5.41) is 0. The molecular weight excluding hydrogens is 206 g/mol. The van der Waals surface area contributed by atoms with E-state index in [4.69, 9.17) is 0 Å². The topological polar surface area (TPSA) is 3.24 Å². The zero-order chi connectivity index (χ0) is 13.6. The van der Waals surface area contributed by atoms with Crippen LogP contribution in [0.4, 0.5) is 0 Å². The van der Waals surface area contributed by atoms with E-state index in [1.807, 2.05) is 0 Å². The number of hydrogen-bond acceptors (Lipinski definition) is 1. The van der Waals surface area contributed by atoms with Gasteiger partial charge >= 0.3 is 0 Å². The molecule has 0 aromatic rings. The molecule has 0 aliphatic heterocycles. The molecule has 0 aliphatic rings. The monoisotopic (exact) mass is 239 g/mol. The molecule has 17 heavy (non-hydrogen) atoms.